The average Bonchev–Trinajstić information content (AvgIpc) is 3.95. The maximum atomic E-state index is 14.1. The fourth-order valence-electron chi connectivity index (χ4n) is 7.01. The molecule has 254 valence electrons. The summed E-state index contributed by atoms with van der Waals surface area (Å²) in [5.74, 6) is -0.0238. The SMILES string of the molecule is CCCOc1ccc2c(OC3CC4C(=O)NC5(C(=O)NS(=O)(=O)C6CC6)CC5C=CCCC(C)CC(C)CC(=O)N4C3)nccc2c1. The second kappa shape index (κ2) is 13.4. The number of ether oxygens (including phenoxy) is 2. The van der Waals surface area contributed by atoms with Gasteiger partial charge in [0.05, 0.1) is 18.4 Å². The van der Waals surface area contributed by atoms with Crippen LogP contribution in [-0.4, -0.2) is 72.1 Å². The van der Waals surface area contributed by atoms with E-state index in [1.807, 2.05) is 43.3 Å². The molecule has 0 spiro atoms. The lowest BCUT2D eigenvalue weighted by molar-refractivity contribution is -0.140. The molecular weight excluding hydrogens is 620 g/mol. The van der Waals surface area contributed by atoms with E-state index in [0.717, 1.165) is 42.2 Å². The highest BCUT2D eigenvalue weighted by atomic mass is 32.2. The van der Waals surface area contributed by atoms with Gasteiger partial charge in [-0.05, 0) is 86.4 Å². The Morgan fingerprint density at radius 3 is 2.70 bits per heavy atom. The van der Waals surface area contributed by atoms with Gasteiger partial charge in [-0.15, -0.1) is 0 Å². The number of rotatable bonds is 8. The van der Waals surface area contributed by atoms with Crippen molar-refractivity contribution in [2.45, 2.75) is 101 Å². The molecule has 6 rings (SSSR count). The van der Waals surface area contributed by atoms with Crippen molar-refractivity contribution in [3.63, 3.8) is 0 Å². The van der Waals surface area contributed by atoms with Gasteiger partial charge in [-0.25, -0.2) is 13.4 Å². The van der Waals surface area contributed by atoms with Crippen LogP contribution in [0.15, 0.2) is 42.6 Å². The fourth-order valence-corrected chi connectivity index (χ4v) is 8.37. The van der Waals surface area contributed by atoms with Gasteiger partial charge < -0.3 is 19.7 Å². The smallest absolute Gasteiger partial charge is 0.259 e. The van der Waals surface area contributed by atoms with E-state index in [4.69, 9.17) is 9.47 Å². The first kappa shape index (κ1) is 33.2. The molecule has 2 aromatic rings. The predicted octanol–water partition coefficient (Wildman–Crippen LogP) is 4.26. The highest BCUT2D eigenvalue weighted by Gasteiger charge is 2.62. The van der Waals surface area contributed by atoms with Crippen LogP contribution in [0.5, 0.6) is 11.6 Å². The first-order valence-corrected chi connectivity index (χ1v) is 18.6. The Kier molecular flexibility index (Phi) is 9.51. The number of carbonyl (C=O) groups is 3. The quantitative estimate of drug-likeness (QED) is 0.398. The number of pyridine rings is 1. The number of hydrogen-bond acceptors (Lipinski definition) is 8. The van der Waals surface area contributed by atoms with Crippen molar-refractivity contribution in [1.29, 1.82) is 0 Å². The summed E-state index contributed by atoms with van der Waals surface area (Å²) in [6.45, 7) is 7.09. The van der Waals surface area contributed by atoms with E-state index in [0.29, 0.717) is 37.7 Å². The number of nitrogens with zero attached hydrogens (tertiary/aromatic N) is 2. The lowest BCUT2D eigenvalue weighted by atomic mass is 9.91. The van der Waals surface area contributed by atoms with E-state index < -0.39 is 44.8 Å². The number of sulfonamides is 1. The van der Waals surface area contributed by atoms with E-state index in [2.05, 4.69) is 28.9 Å². The van der Waals surface area contributed by atoms with Gasteiger partial charge in [0, 0.05) is 30.3 Å². The summed E-state index contributed by atoms with van der Waals surface area (Å²) in [4.78, 5) is 47.5. The van der Waals surface area contributed by atoms with Gasteiger partial charge in [-0.1, -0.05) is 32.9 Å². The third kappa shape index (κ3) is 7.42. The Morgan fingerprint density at radius 1 is 1.13 bits per heavy atom. The van der Waals surface area contributed by atoms with Crippen LogP contribution in [0, 0.1) is 17.8 Å². The van der Waals surface area contributed by atoms with Crippen molar-refractivity contribution < 1.29 is 32.3 Å². The van der Waals surface area contributed by atoms with Crippen LogP contribution in [0.4, 0.5) is 0 Å². The number of nitrogens with one attached hydrogen (secondary N) is 2. The summed E-state index contributed by atoms with van der Waals surface area (Å²) in [6, 6.07) is 6.70. The molecule has 12 heteroatoms. The summed E-state index contributed by atoms with van der Waals surface area (Å²) in [5.41, 5.74) is -1.39. The molecule has 1 aromatic carbocycles. The largest absolute Gasteiger partial charge is 0.494 e. The maximum absolute atomic E-state index is 14.1. The minimum atomic E-state index is -3.81. The lowest BCUT2D eigenvalue weighted by Crippen LogP contribution is -2.56. The average molecular weight is 667 g/mol. The highest BCUT2D eigenvalue weighted by molar-refractivity contribution is 7.91. The van der Waals surface area contributed by atoms with Crippen molar-refractivity contribution in [2.75, 3.05) is 13.2 Å². The number of fused-ring (bicyclic) bond motifs is 3. The molecule has 4 aliphatic rings. The minimum Gasteiger partial charge on any atom is -0.494 e. The number of allylic oxidation sites excluding steroid dienone is 1. The molecule has 3 heterocycles. The number of benzene rings is 1. The molecule has 2 aliphatic heterocycles. The molecule has 0 radical (unpaired) electrons. The molecule has 1 saturated heterocycles. The number of carbonyl (C=O) groups excluding carboxylic acids is 3. The minimum absolute atomic E-state index is 0.122. The summed E-state index contributed by atoms with van der Waals surface area (Å²) in [7, 11) is -3.81. The van der Waals surface area contributed by atoms with Crippen LogP contribution in [0.25, 0.3) is 10.8 Å². The molecular formula is C35H46N4O7S. The number of aromatic nitrogens is 1. The topological polar surface area (TPSA) is 144 Å². The van der Waals surface area contributed by atoms with Crippen LogP contribution in [0.3, 0.4) is 0 Å². The van der Waals surface area contributed by atoms with Crippen LogP contribution in [-0.2, 0) is 24.4 Å². The van der Waals surface area contributed by atoms with Crippen LogP contribution in [0.1, 0.15) is 78.6 Å². The zero-order valence-corrected chi connectivity index (χ0v) is 28.3. The molecule has 2 aliphatic carbocycles. The lowest BCUT2D eigenvalue weighted by Gasteiger charge is -2.27. The zero-order valence-electron chi connectivity index (χ0n) is 27.4. The first-order valence-electron chi connectivity index (χ1n) is 17.0. The Balaban J connectivity index is 1.26. The fraction of sp³-hybridized carbons (Fsp3) is 0.600. The highest BCUT2D eigenvalue weighted by Crippen LogP contribution is 2.46. The normalized spacial score (nSPS) is 30.0. The van der Waals surface area contributed by atoms with Crippen molar-refractivity contribution in [3.8, 4) is 11.6 Å². The van der Waals surface area contributed by atoms with E-state index in [9.17, 15) is 22.8 Å². The van der Waals surface area contributed by atoms with Crippen molar-refractivity contribution in [3.05, 3.63) is 42.6 Å². The Hall–Kier alpha value is -3.67. The predicted molar refractivity (Wildman–Crippen MR) is 177 cm³/mol. The molecule has 6 atom stereocenters. The zero-order chi connectivity index (χ0) is 33.3. The number of amides is 3. The molecule has 47 heavy (non-hydrogen) atoms. The monoisotopic (exact) mass is 666 g/mol. The molecule has 0 bridgehead atoms. The maximum Gasteiger partial charge on any atom is 0.259 e. The third-order valence-electron chi connectivity index (χ3n) is 9.82. The molecule has 11 nitrogen and oxygen atoms in total. The van der Waals surface area contributed by atoms with Crippen LogP contribution >= 0.6 is 0 Å². The summed E-state index contributed by atoms with van der Waals surface area (Å²) < 4.78 is 39.9. The number of hydrogen-bond donors (Lipinski definition) is 2. The van der Waals surface area contributed by atoms with Gasteiger partial charge in [0.2, 0.25) is 27.7 Å². The second-order valence-electron chi connectivity index (χ2n) is 14.0. The Morgan fingerprint density at radius 2 is 1.94 bits per heavy atom. The van der Waals surface area contributed by atoms with Gasteiger partial charge in [-0.3, -0.25) is 19.1 Å². The van der Waals surface area contributed by atoms with Gasteiger partial charge in [0.15, 0.2) is 0 Å². The summed E-state index contributed by atoms with van der Waals surface area (Å²) in [5, 5.41) is 4.04. The van der Waals surface area contributed by atoms with Crippen molar-refractivity contribution >= 4 is 38.5 Å². The van der Waals surface area contributed by atoms with Crippen molar-refractivity contribution in [2.24, 2.45) is 17.8 Å². The summed E-state index contributed by atoms with van der Waals surface area (Å²) in [6.07, 6.45) is 10.4. The first-order chi connectivity index (χ1) is 22.5. The molecule has 1 aromatic heterocycles. The van der Waals surface area contributed by atoms with Crippen LogP contribution in [0.2, 0.25) is 0 Å². The van der Waals surface area contributed by atoms with Gasteiger partial charge in [-0.2, -0.15) is 0 Å². The van der Waals surface area contributed by atoms with Gasteiger partial charge in [0.1, 0.15) is 23.4 Å². The summed E-state index contributed by atoms with van der Waals surface area (Å²) >= 11 is 0. The molecule has 3 amide bonds. The Labute approximate surface area is 276 Å². The second-order valence-corrected chi connectivity index (χ2v) is 15.9. The van der Waals surface area contributed by atoms with Gasteiger partial charge in [0.25, 0.3) is 5.91 Å². The standard InChI is InChI=1S/C35H46N4O7S/c1-4-15-45-26-9-12-29-24(18-26)13-14-36-33(29)46-27-19-30-32(41)37-35(34(42)38-47(43,44)28-10-11-28)20-25(35)8-6-5-7-22(2)16-23(3)17-31(40)39(30)21-27/h6,8-9,12-14,18,22-23,25,27-28,30H,4-5,7,10-11,15-17,19-21H2,1-3H3,(H,37,41)(H,38,42). The molecule has 3 fully saturated rings. The van der Waals surface area contributed by atoms with E-state index in [-0.39, 0.29) is 37.1 Å². The van der Waals surface area contributed by atoms with E-state index in [1.54, 1.807) is 11.1 Å². The molecule has 2 N–H and O–H groups in total. The van der Waals surface area contributed by atoms with E-state index in [1.165, 1.54) is 0 Å². The van der Waals surface area contributed by atoms with E-state index >= 15 is 0 Å². The molecule has 2 saturated carbocycles. The van der Waals surface area contributed by atoms with Crippen LogP contribution < -0.4 is 19.5 Å². The molecule has 6 unspecified atom stereocenters. The Bertz CT molecular complexity index is 1660. The third-order valence-corrected chi connectivity index (χ3v) is 11.6. The van der Waals surface area contributed by atoms with Gasteiger partial charge >= 0.3 is 0 Å². The van der Waals surface area contributed by atoms with Crippen molar-refractivity contribution in [1.82, 2.24) is 19.9 Å².